The van der Waals surface area contributed by atoms with E-state index in [2.05, 4.69) is 10.3 Å². The van der Waals surface area contributed by atoms with E-state index in [0.717, 1.165) is 16.3 Å². The topological polar surface area (TPSA) is 102 Å². The maximum atomic E-state index is 13.9. The van der Waals surface area contributed by atoms with Crippen molar-refractivity contribution >= 4 is 5.91 Å². The molecule has 1 aliphatic heterocycles. The van der Waals surface area contributed by atoms with Gasteiger partial charge in [0.25, 0.3) is 11.5 Å². The highest BCUT2D eigenvalue weighted by molar-refractivity contribution is 5.93. The van der Waals surface area contributed by atoms with Crippen LogP contribution in [-0.4, -0.2) is 22.3 Å². The van der Waals surface area contributed by atoms with Crippen LogP contribution in [0.15, 0.2) is 58.3 Å². The number of carbonyl (C=O) groups is 1. The van der Waals surface area contributed by atoms with E-state index in [0.29, 0.717) is 11.5 Å². The molecular weight excluding hydrogens is 381 g/mol. The SMILES string of the molecule is O=C(NCc1ccc2c(c1)OCO2)c1c[nH]c(=O)n(Cc2ccccc2F)c1=O. The molecule has 0 fully saturated rings. The van der Waals surface area contributed by atoms with Crippen LogP contribution in [0.5, 0.6) is 11.5 Å². The predicted molar refractivity (Wildman–Crippen MR) is 101 cm³/mol. The maximum absolute atomic E-state index is 13.9. The summed E-state index contributed by atoms with van der Waals surface area (Å²) in [6.45, 7) is -0.00442. The van der Waals surface area contributed by atoms with E-state index in [9.17, 15) is 18.8 Å². The van der Waals surface area contributed by atoms with Crippen molar-refractivity contribution in [3.05, 3.63) is 92.0 Å². The van der Waals surface area contributed by atoms with Gasteiger partial charge in [0, 0.05) is 18.3 Å². The van der Waals surface area contributed by atoms with E-state index in [1.807, 2.05) is 0 Å². The number of H-pyrrole nitrogens is 1. The second-order valence-electron chi connectivity index (χ2n) is 6.36. The molecule has 0 aliphatic carbocycles. The molecule has 29 heavy (non-hydrogen) atoms. The van der Waals surface area contributed by atoms with Crippen molar-refractivity contribution in [2.75, 3.05) is 6.79 Å². The summed E-state index contributed by atoms with van der Waals surface area (Å²) in [5, 5.41) is 2.62. The van der Waals surface area contributed by atoms with Gasteiger partial charge < -0.3 is 19.8 Å². The van der Waals surface area contributed by atoms with E-state index >= 15 is 0 Å². The summed E-state index contributed by atoms with van der Waals surface area (Å²) in [5.74, 6) is -0.00700. The summed E-state index contributed by atoms with van der Waals surface area (Å²) in [6, 6.07) is 11.0. The van der Waals surface area contributed by atoms with Crippen LogP contribution in [0.3, 0.4) is 0 Å². The van der Waals surface area contributed by atoms with E-state index in [4.69, 9.17) is 9.47 Å². The van der Waals surface area contributed by atoms with Crippen molar-refractivity contribution in [2.45, 2.75) is 13.1 Å². The lowest BCUT2D eigenvalue weighted by atomic mass is 10.2. The molecule has 2 aromatic carbocycles. The fourth-order valence-corrected chi connectivity index (χ4v) is 2.94. The number of benzene rings is 2. The minimum Gasteiger partial charge on any atom is -0.454 e. The molecule has 0 saturated carbocycles. The normalized spacial score (nSPS) is 12.0. The summed E-state index contributed by atoms with van der Waals surface area (Å²) in [6.07, 6.45) is 1.05. The number of nitrogens with zero attached hydrogens (tertiary/aromatic N) is 1. The molecule has 0 radical (unpaired) electrons. The standard InChI is InChI=1S/C20H16FN3O5/c21-15-4-2-1-3-13(15)10-24-19(26)14(9-23-20(24)27)18(25)22-8-12-5-6-16-17(7-12)29-11-28-16/h1-7,9H,8,10-11H2,(H,22,25)(H,23,27). The predicted octanol–water partition coefficient (Wildman–Crippen LogP) is 1.38. The van der Waals surface area contributed by atoms with Crippen LogP contribution in [0.1, 0.15) is 21.5 Å². The van der Waals surface area contributed by atoms with Crippen LogP contribution in [0.2, 0.25) is 0 Å². The molecule has 0 atom stereocenters. The van der Waals surface area contributed by atoms with Gasteiger partial charge in [-0.3, -0.25) is 14.2 Å². The van der Waals surface area contributed by atoms with E-state index in [1.165, 1.54) is 18.2 Å². The first-order chi connectivity index (χ1) is 14.0. The quantitative estimate of drug-likeness (QED) is 0.677. The minimum absolute atomic E-state index is 0.140. The van der Waals surface area contributed by atoms with Crippen LogP contribution in [-0.2, 0) is 13.1 Å². The zero-order chi connectivity index (χ0) is 20.4. The number of hydrogen-bond donors (Lipinski definition) is 2. The average Bonchev–Trinajstić information content (AvgIpc) is 3.18. The lowest BCUT2D eigenvalue weighted by Gasteiger charge is -2.09. The Balaban J connectivity index is 1.54. The highest BCUT2D eigenvalue weighted by atomic mass is 19.1. The van der Waals surface area contributed by atoms with Crippen LogP contribution < -0.4 is 26.0 Å². The van der Waals surface area contributed by atoms with Gasteiger partial charge in [-0.15, -0.1) is 0 Å². The molecule has 0 saturated heterocycles. The van der Waals surface area contributed by atoms with Crippen LogP contribution in [0, 0.1) is 5.82 Å². The molecule has 9 heteroatoms. The summed E-state index contributed by atoms with van der Waals surface area (Å²) in [4.78, 5) is 39.5. The number of halogens is 1. The highest BCUT2D eigenvalue weighted by Crippen LogP contribution is 2.32. The number of aromatic nitrogens is 2. The molecule has 1 aromatic heterocycles. The maximum Gasteiger partial charge on any atom is 0.328 e. The molecular formula is C20H16FN3O5. The molecule has 0 bridgehead atoms. The van der Waals surface area contributed by atoms with Crippen molar-refractivity contribution in [3.63, 3.8) is 0 Å². The molecule has 148 valence electrons. The van der Waals surface area contributed by atoms with E-state index in [-0.39, 0.29) is 31.0 Å². The number of ether oxygens (including phenoxy) is 2. The molecule has 2 N–H and O–H groups in total. The number of amides is 1. The fraction of sp³-hybridized carbons (Fsp3) is 0.150. The number of fused-ring (bicyclic) bond motifs is 1. The smallest absolute Gasteiger partial charge is 0.328 e. The molecule has 2 heterocycles. The van der Waals surface area contributed by atoms with Gasteiger partial charge in [0.2, 0.25) is 6.79 Å². The summed E-state index contributed by atoms with van der Waals surface area (Å²) in [7, 11) is 0. The minimum atomic E-state index is -0.805. The number of nitrogens with one attached hydrogen (secondary N) is 2. The van der Waals surface area contributed by atoms with Gasteiger partial charge in [0.05, 0.1) is 6.54 Å². The van der Waals surface area contributed by atoms with Crippen molar-refractivity contribution in [2.24, 2.45) is 0 Å². The highest BCUT2D eigenvalue weighted by Gasteiger charge is 2.17. The lowest BCUT2D eigenvalue weighted by molar-refractivity contribution is 0.0948. The van der Waals surface area contributed by atoms with Gasteiger partial charge in [0.15, 0.2) is 11.5 Å². The Morgan fingerprint density at radius 2 is 1.93 bits per heavy atom. The zero-order valence-electron chi connectivity index (χ0n) is 15.1. The molecule has 1 aliphatic rings. The average molecular weight is 397 g/mol. The Morgan fingerprint density at radius 3 is 2.76 bits per heavy atom. The molecule has 1 amide bonds. The third-order valence-corrected chi connectivity index (χ3v) is 4.48. The lowest BCUT2D eigenvalue weighted by Crippen LogP contribution is -2.40. The number of carbonyl (C=O) groups excluding carboxylic acids is 1. The monoisotopic (exact) mass is 397 g/mol. The first-order valence-corrected chi connectivity index (χ1v) is 8.75. The summed E-state index contributed by atoms with van der Waals surface area (Å²) in [5.41, 5.74) is -0.871. The number of aromatic amines is 1. The first kappa shape index (κ1) is 18.5. The van der Waals surface area contributed by atoms with Crippen molar-refractivity contribution in [1.82, 2.24) is 14.9 Å². The van der Waals surface area contributed by atoms with E-state index < -0.39 is 23.0 Å². The van der Waals surface area contributed by atoms with Gasteiger partial charge in [-0.25, -0.2) is 9.18 Å². The van der Waals surface area contributed by atoms with Crippen LogP contribution in [0.4, 0.5) is 4.39 Å². The van der Waals surface area contributed by atoms with Gasteiger partial charge in [-0.1, -0.05) is 24.3 Å². The van der Waals surface area contributed by atoms with Crippen LogP contribution in [0.25, 0.3) is 0 Å². The Labute approximate surface area is 163 Å². The van der Waals surface area contributed by atoms with Crippen molar-refractivity contribution in [1.29, 1.82) is 0 Å². The molecule has 4 rings (SSSR count). The summed E-state index contributed by atoms with van der Waals surface area (Å²) >= 11 is 0. The Bertz CT molecular complexity index is 1200. The van der Waals surface area contributed by atoms with Gasteiger partial charge >= 0.3 is 5.69 Å². The largest absolute Gasteiger partial charge is 0.454 e. The number of rotatable bonds is 5. The van der Waals surface area contributed by atoms with Crippen molar-refractivity contribution in [3.8, 4) is 11.5 Å². The van der Waals surface area contributed by atoms with E-state index in [1.54, 1.807) is 24.3 Å². The molecule has 0 spiro atoms. The third-order valence-electron chi connectivity index (χ3n) is 4.48. The Kier molecular flexibility index (Phi) is 4.86. The van der Waals surface area contributed by atoms with Crippen LogP contribution >= 0.6 is 0 Å². The third kappa shape index (κ3) is 3.75. The Morgan fingerprint density at radius 1 is 1.14 bits per heavy atom. The molecule has 3 aromatic rings. The second kappa shape index (κ2) is 7.63. The second-order valence-corrected chi connectivity index (χ2v) is 6.36. The zero-order valence-corrected chi connectivity index (χ0v) is 15.1. The van der Waals surface area contributed by atoms with Crippen molar-refractivity contribution < 1.29 is 18.7 Å². The van der Waals surface area contributed by atoms with Gasteiger partial charge in [-0.2, -0.15) is 0 Å². The van der Waals surface area contributed by atoms with Gasteiger partial charge in [-0.05, 0) is 23.8 Å². The number of hydrogen-bond acceptors (Lipinski definition) is 5. The summed E-state index contributed by atoms with van der Waals surface area (Å²) < 4.78 is 25.2. The first-order valence-electron chi connectivity index (χ1n) is 8.75. The fourth-order valence-electron chi connectivity index (χ4n) is 2.94. The molecule has 0 unspecified atom stereocenters. The van der Waals surface area contributed by atoms with Gasteiger partial charge in [0.1, 0.15) is 11.4 Å². The molecule has 8 nitrogen and oxygen atoms in total. The Hall–Kier alpha value is -3.88.